The number of aryl methyl sites for hydroxylation is 1. The Hall–Kier alpha value is -3.57. The number of β-amino-alcohol motifs (C(OH)–C–C–N with tert-alkyl or cyclic N) is 1. The zero-order valence-electron chi connectivity index (χ0n) is 30.7. The van der Waals surface area contributed by atoms with Crippen LogP contribution in [0.15, 0.2) is 48.9 Å². The van der Waals surface area contributed by atoms with E-state index >= 15 is 0 Å². The van der Waals surface area contributed by atoms with E-state index in [4.69, 9.17) is 19.6 Å². The minimum absolute atomic E-state index is 0.0506. The van der Waals surface area contributed by atoms with Crippen LogP contribution in [0.1, 0.15) is 94.2 Å². The first-order valence-electron chi connectivity index (χ1n) is 19.4. The van der Waals surface area contributed by atoms with Gasteiger partial charge in [0.1, 0.15) is 17.7 Å². The Balaban J connectivity index is 1.01. The molecule has 1 aromatic carbocycles. The van der Waals surface area contributed by atoms with Gasteiger partial charge in [-0.3, -0.25) is 14.4 Å². The number of carbonyl (C=O) groups is 2. The van der Waals surface area contributed by atoms with Crippen LogP contribution in [0, 0.1) is 18.3 Å². The van der Waals surface area contributed by atoms with Crippen LogP contribution >= 0.6 is 11.8 Å². The highest BCUT2D eigenvalue weighted by atomic mass is 32.2. The van der Waals surface area contributed by atoms with Gasteiger partial charge in [0.2, 0.25) is 5.91 Å². The van der Waals surface area contributed by atoms with E-state index in [-0.39, 0.29) is 34.9 Å². The second kappa shape index (κ2) is 14.7. The Morgan fingerprint density at radius 2 is 1.69 bits per heavy atom. The lowest BCUT2D eigenvalue weighted by molar-refractivity contribution is -0.124. The molecule has 9 rings (SSSR count). The molecule has 278 valence electrons. The number of aliphatic hydroxyl groups is 1. The number of carbonyl (C=O) groups excluding carboxylic acids is 2. The van der Waals surface area contributed by atoms with Crippen molar-refractivity contribution in [3.05, 3.63) is 60.0 Å². The fraction of sp³-hybridized carbons (Fsp3) is 0.610. The van der Waals surface area contributed by atoms with Gasteiger partial charge in [-0.1, -0.05) is 12.1 Å². The Labute approximate surface area is 311 Å². The van der Waals surface area contributed by atoms with Crippen molar-refractivity contribution < 1.29 is 24.2 Å². The van der Waals surface area contributed by atoms with E-state index in [0.29, 0.717) is 51.4 Å². The molecule has 52 heavy (non-hydrogen) atoms. The maximum Gasteiger partial charge on any atom is 0.410 e. The number of aromatic nitrogens is 3. The third-order valence-corrected chi connectivity index (χ3v) is 14.2. The molecule has 2 saturated heterocycles. The smallest absolute Gasteiger partial charge is 0.410 e. The fourth-order valence-electron chi connectivity index (χ4n) is 9.60. The molecule has 10 nitrogen and oxygen atoms in total. The summed E-state index contributed by atoms with van der Waals surface area (Å²) in [4.78, 5) is 35.7. The summed E-state index contributed by atoms with van der Waals surface area (Å²) in [6.45, 7) is 3.47. The first-order chi connectivity index (χ1) is 25.2. The molecule has 6 fully saturated rings. The predicted molar refractivity (Wildman–Crippen MR) is 203 cm³/mol. The zero-order chi connectivity index (χ0) is 35.9. The number of fused-ring (bicyclic) bond motifs is 3. The number of thioether (sulfide) groups is 1. The van der Waals surface area contributed by atoms with Crippen LogP contribution in [0.3, 0.4) is 0 Å². The largest absolute Gasteiger partial charge is 0.496 e. The second-order valence-electron chi connectivity index (χ2n) is 16.3. The number of amides is 2. The number of hydrogen-bond acceptors (Lipinski definition) is 8. The standard InChI is InChI=1S/C41H53N5O5S/c1-28-21-32(5-8-36(28)50-2)41-15-12-40(13-16-41,14-17-41)27-45(38(48)29-3-6-35(7-4-29)51-39(49)44-25-34(47)26-44)37-22-30(9-18-42-37)31-23-43-46(24-31)33-10-19-52-20-11-33/h5,8-9,18,21-24,29,33-35,47H,3-4,6-7,10-17,19-20,25-27H2,1-2H3. The van der Waals surface area contributed by atoms with E-state index in [1.807, 2.05) is 35.1 Å². The number of rotatable bonds is 9. The molecule has 4 heterocycles. The average molecular weight is 728 g/mol. The van der Waals surface area contributed by atoms with E-state index in [9.17, 15) is 14.7 Å². The molecule has 2 amide bonds. The third-order valence-electron chi connectivity index (χ3n) is 13.1. The van der Waals surface area contributed by atoms with Crippen LogP contribution in [0.4, 0.5) is 10.6 Å². The van der Waals surface area contributed by atoms with Crippen molar-refractivity contribution in [1.29, 1.82) is 0 Å². The molecule has 4 aliphatic carbocycles. The summed E-state index contributed by atoms with van der Waals surface area (Å²) in [5, 5.41) is 14.4. The molecule has 0 unspecified atom stereocenters. The monoisotopic (exact) mass is 727 g/mol. The first kappa shape index (κ1) is 35.5. The molecule has 4 saturated carbocycles. The maximum absolute atomic E-state index is 14.7. The number of ether oxygens (including phenoxy) is 2. The number of aliphatic hydroxyl groups excluding tert-OH is 1. The van der Waals surface area contributed by atoms with Gasteiger partial charge in [0.15, 0.2) is 0 Å². The minimum atomic E-state index is -0.456. The quantitative estimate of drug-likeness (QED) is 0.244. The summed E-state index contributed by atoms with van der Waals surface area (Å²) < 4.78 is 13.5. The molecular formula is C41H53N5O5S. The Kier molecular flexibility index (Phi) is 10.0. The first-order valence-corrected chi connectivity index (χ1v) is 20.6. The van der Waals surface area contributed by atoms with Crippen LogP contribution in [-0.4, -0.2) is 87.2 Å². The van der Waals surface area contributed by atoms with Crippen LogP contribution < -0.4 is 9.64 Å². The van der Waals surface area contributed by atoms with E-state index in [1.54, 1.807) is 12.0 Å². The fourth-order valence-corrected chi connectivity index (χ4v) is 10.7. The summed E-state index contributed by atoms with van der Waals surface area (Å²) >= 11 is 2.02. The highest BCUT2D eigenvalue weighted by Crippen LogP contribution is 2.58. The lowest BCUT2D eigenvalue weighted by atomic mass is 9.51. The summed E-state index contributed by atoms with van der Waals surface area (Å²) in [6, 6.07) is 11.3. The Morgan fingerprint density at radius 1 is 0.962 bits per heavy atom. The summed E-state index contributed by atoms with van der Waals surface area (Å²) in [5.41, 5.74) is 4.94. The van der Waals surface area contributed by atoms with Crippen molar-refractivity contribution in [3.8, 4) is 16.9 Å². The topological polar surface area (TPSA) is 110 Å². The molecule has 0 atom stereocenters. The van der Waals surface area contributed by atoms with Gasteiger partial charge < -0.3 is 19.5 Å². The molecule has 3 aromatic rings. The van der Waals surface area contributed by atoms with Gasteiger partial charge >= 0.3 is 6.09 Å². The lowest BCUT2D eigenvalue weighted by Crippen LogP contribution is -2.54. The summed E-state index contributed by atoms with van der Waals surface area (Å²) in [7, 11) is 1.73. The van der Waals surface area contributed by atoms with Crippen molar-refractivity contribution >= 4 is 29.6 Å². The number of anilines is 1. The molecule has 2 bridgehead atoms. The van der Waals surface area contributed by atoms with Crippen molar-refractivity contribution in [1.82, 2.24) is 19.7 Å². The maximum atomic E-state index is 14.7. The predicted octanol–water partition coefficient (Wildman–Crippen LogP) is 7.33. The number of nitrogens with zero attached hydrogens (tertiary/aromatic N) is 5. The van der Waals surface area contributed by atoms with Crippen LogP contribution in [0.25, 0.3) is 11.1 Å². The molecule has 1 N–H and O–H groups in total. The molecule has 0 radical (unpaired) electrons. The second-order valence-corrected chi connectivity index (χ2v) is 17.5. The number of hydrogen-bond donors (Lipinski definition) is 1. The van der Waals surface area contributed by atoms with E-state index in [2.05, 4.69) is 42.1 Å². The van der Waals surface area contributed by atoms with Gasteiger partial charge in [-0.05, 0) is 141 Å². The number of pyridine rings is 1. The van der Waals surface area contributed by atoms with Crippen molar-refractivity contribution in [3.63, 3.8) is 0 Å². The minimum Gasteiger partial charge on any atom is -0.496 e. The van der Waals surface area contributed by atoms with Crippen molar-refractivity contribution in [2.75, 3.05) is 43.1 Å². The number of methoxy groups -OCH3 is 1. The van der Waals surface area contributed by atoms with E-state index in [1.165, 1.54) is 22.6 Å². The molecule has 0 spiro atoms. The summed E-state index contributed by atoms with van der Waals surface area (Å²) in [5.74, 6) is 3.99. The van der Waals surface area contributed by atoms with Crippen LogP contribution in [-0.2, 0) is 14.9 Å². The van der Waals surface area contributed by atoms with Crippen molar-refractivity contribution in [2.24, 2.45) is 11.3 Å². The number of benzene rings is 1. The summed E-state index contributed by atoms with van der Waals surface area (Å²) in [6.07, 6.45) is 16.5. The van der Waals surface area contributed by atoms with Gasteiger partial charge in [0, 0.05) is 30.4 Å². The van der Waals surface area contributed by atoms with Gasteiger partial charge in [-0.25, -0.2) is 9.78 Å². The molecular weight excluding hydrogens is 675 g/mol. The SMILES string of the molecule is COc1ccc(C23CCC(CN(C(=O)C4CCC(OC(=O)N5CC(O)C5)CC4)c4cc(-c5cnn(C6CCSCC6)c5)ccn4)(CC2)CC3)cc1C. The third kappa shape index (κ3) is 7.07. The highest BCUT2D eigenvalue weighted by molar-refractivity contribution is 7.99. The Bertz CT molecular complexity index is 1730. The van der Waals surface area contributed by atoms with Gasteiger partial charge in [-0.2, -0.15) is 16.9 Å². The highest BCUT2D eigenvalue weighted by Gasteiger charge is 2.51. The molecule has 6 aliphatic rings. The normalized spacial score (nSPS) is 27.9. The van der Waals surface area contributed by atoms with Crippen LogP contribution in [0.5, 0.6) is 5.75 Å². The molecule has 11 heteroatoms. The lowest BCUT2D eigenvalue weighted by Gasteiger charge is -2.55. The zero-order valence-corrected chi connectivity index (χ0v) is 31.5. The Morgan fingerprint density at radius 3 is 2.37 bits per heavy atom. The van der Waals surface area contributed by atoms with E-state index < -0.39 is 6.10 Å². The molecule has 2 aromatic heterocycles. The number of likely N-dealkylation sites (tertiary alicyclic amines) is 1. The van der Waals surface area contributed by atoms with Gasteiger partial charge in [0.05, 0.1) is 38.5 Å². The van der Waals surface area contributed by atoms with Crippen LogP contribution in [0.2, 0.25) is 0 Å². The van der Waals surface area contributed by atoms with Gasteiger partial charge in [0.25, 0.3) is 0 Å². The van der Waals surface area contributed by atoms with E-state index in [0.717, 1.165) is 74.1 Å². The van der Waals surface area contributed by atoms with Gasteiger partial charge in [-0.15, -0.1) is 0 Å². The van der Waals surface area contributed by atoms with Crippen molar-refractivity contribution in [2.45, 2.75) is 108 Å². The molecule has 2 aliphatic heterocycles. The average Bonchev–Trinajstić information content (AvgIpc) is 3.68.